The van der Waals surface area contributed by atoms with Crippen LogP contribution >= 0.6 is 0 Å². The number of hydrogen-bond acceptors (Lipinski definition) is 3. The monoisotopic (exact) mass is 287 g/mol. The fraction of sp³-hybridized carbons (Fsp3) is 0.471. The minimum Gasteiger partial charge on any atom is -0.348 e. The number of benzene rings is 1. The zero-order valence-electron chi connectivity index (χ0n) is 12.1. The van der Waals surface area contributed by atoms with Gasteiger partial charge in [-0.2, -0.15) is 0 Å². The molecule has 0 radical (unpaired) electrons. The molecule has 0 saturated carbocycles. The molecule has 21 heavy (non-hydrogen) atoms. The molecule has 2 fully saturated rings. The summed E-state index contributed by atoms with van der Waals surface area (Å²) < 4.78 is 11.2. The molecule has 4 heteroatoms. The molecule has 112 valence electrons. The Morgan fingerprint density at radius 1 is 1.14 bits per heavy atom. The van der Waals surface area contributed by atoms with E-state index in [4.69, 9.17) is 9.47 Å². The lowest BCUT2D eigenvalue weighted by atomic mass is 10.0. The second-order valence-corrected chi connectivity index (χ2v) is 5.45. The highest BCUT2D eigenvalue weighted by atomic mass is 16.7. The van der Waals surface area contributed by atoms with E-state index < -0.39 is 0 Å². The molecule has 1 aromatic rings. The highest BCUT2D eigenvalue weighted by molar-refractivity contribution is 5.92. The Morgan fingerprint density at radius 2 is 1.90 bits per heavy atom. The molecule has 0 spiro atoms. The van der Waals surface area contributed by atoms with Crippen molar-refractivity contribution in [1.29, 1.82) is 0 Å². The molecule has 0 aliphatic carbocycles. The van der Waals surface area contributed by atoms with Gasteiger partial charge in [-0.05, 0) is 30.9 Å². The normalized spacial score (nSPS) is 23.8. The fourth-order valence-corrected chi connectivity index (χ4v) is 2.94. The number of likely N-dealkylation sites (tertiary alicyclic amines) is 1. The van der Waals surface area contributed by atoms with Crippen LogP contribution in [0.5, 0.6) is 0 Å². The summed E-state index contributed by atoms with van der Waals surface area (Å²) in [7, 11) is 0. The van der Waals surface area contributed by atoms with Gasteiger partial charge in [0.25, 0.3) is 0 Å². The second kappa shape index (κ2) is 6.87. The van der Waals surface area contributed by atoms with Crippen LogP contribution < -0.4 is 0 Å². The van der Waals surface area contributed by atoms with Crippen LogP contribution in [-0.2, 0) is 14.3 Å². The van der Waals surface area contributed by atoms with Crippen molar-refractivity contribution >= 4 is 12.0 Å². The third-order valence-electron chi connectivity index (χ3n) is 4.01. The summed E-state index contributed by atoms with van der Waals surface area (Å²) in [5.41, 5.74) is 1.03. The number of carbonyl (C=O) groups excluding carboxylic acids is 1. The van der Waals surface area contributed by atoms with Crippen LogP contribution in [0.4, 0.5) is 0 Å². The fourth-order valence-electron chi connectivity index (χ4n) is 2.94. The third-order valence-corrected chi connectivity index (χ3v) is 4.01. The summed E-state index contributed by atoms with van der Waals surface area (Å²) in [6.07, 6.45) is 6.40. The molecule has 3 rings (SSSR count). The van der Waals surface area contributed by atoms with E-state index >= 15 is 0 Å². The van der Waals surface area contributed by atoms with Crippen LogP contribution in [-0.4, -0.2) is 42.9 Å². The minimum absolute atomic E-state index is 0.0441. The maximum Gasteiger partial charge on any atom is 0.246 e. The van der Waals surface area contributed by atoms with Crippen molar-refractivity contribution in [1.82, 2.24) is 4.90 Å². The van der Waals surface area contributed by atoms with Crippen molar-refractivity contribution < 1.29 is 14.3 Å². The third kappa shape index (κ3) is 3.52. The molecule has 2 heterocycles. The molecule has 1 amide bonds. The standard InChI is InChI=1S/C17H21NO3/c19-16(10-9-14-6-2-1-3-7-14)18-11-5-4-8-15(18)17-20-12-13-21-17/h1-3,6-7,9-10,15,17H,4-5,8,11-13H2/b10-9-/t15-/m1/s1. The molecule has 4 nitrogen and oxygen atoms in total. The van der Waals surface area contributed by atoms with Crippen molar-refractivity contribution in [2.45, 2.75) is 31.6 Å². The molecule has 1 atom stereocenters. The van der Waals surface area contributed by atoms with Crippen molar-refractivity contribution in [2.24, 2.45) is 0 Å². The van der Waals surface area contributed by atoms with E-state index in [1.54, 1.807) is 6.08 Å². The number of hydrogen-bond donors (Lipinski definition) is 0. The summed E-state index contributed by atoms with van der Waals surface area (Å²) >= 11 is 0. The Bertz CT molecular complexity index is 494. The van der Waals surface area contributed by atoms with Gasteiger partial charge in [-0.1, -0.05) is 30.3 Å². The molecule has 0 N–H and O–H groups in total. The van der Waals surface area contributed by atoms with Gasteiger partial charge in [0.05, 0.1) is 19.3 Å². The topological polar surface area (TPSA) is 38.8 Å². The summed E-state index contributed by atoms with van der Waals surface area (Å²) in [5.74, 6) is 0.0441. The quantitative estimate of drug-likeness (QED) is 0.802. The van der Waals surface area contributed by atoms with Crippen LogP contribution in [0.15, 0.2) is 36.4 Å². The summed E-state index contributed by atoms with van der Waals surface area (Å²) in [6, 6.07) is 9.92. The maximum absolute atomic E-state index is 12.5. The molecule has 1 aromatic carbocycles. The molecular formula is C17H21NO3. The predicted molar refractivity (Wildman–Crippen MR) is 80.5 cm³/mol. The van der Waals surface area contributed by atoms with Crippen LogP contribution in [0.1, 0.15) is 24.8 Å². The van der Waals surface area contributed by atoms with E-state index in [1.807, 2.05) is 41.3 Å². The molecule has 2 aliphatic rings. The Kier molecular flexibility index (Phi) is 4.68. The molecular weight excluding hydrogens is 266 g/mol. The van der Waals surface area contributed by atoms with Gasteiger partial charge in [0.2, 0.25) is 5.91 Å². The SMILES string of the molecule is O=C(/C=C\c1ccccc1)N1CCCC[C@@H]1C1OCCO1. The van der Waals surface area contributed by atoms with Crippen molar-refractivity contribution in [3.05, 3.63) is 42.0 Å². The Hall–Kier alpha value is -1.65. The van der Waals surface area contributed by atoms with Crippen molar-refractivity contribution in [3.8, 4) is 0 Å². The maximum atomic E-state index is 12.5. The van der Waals surface area contributed by atoms with Gasteiger partial charge in [-0.3, -0.25) is 4.79 Å². The van der Waals surface area contributed by atoms with Crippen LogP contribution in [0.2, 0.25) is 0 Å². The Labute approximate surface area is 125 Å². The van der Waals surface area contributed by atoms with Crippen LogP contribution in [0.3, 0.4) is 0 Å². The molecule has 0 unspecified atom stereocenters. The second-order valence-electron chi connectivity index (χ2n) is 5.45. The smallest absolute Gasteiger partial charge is 0.246 e. The lowest BCUT2D eigenvalue weighted by Crippen LogP contribution is -2.49. The summed E-state index contributed by atoms with van der Waals surface area (Å²) in [4.78, 5) is 14.4. The summed E-state index contributed by atoms with van der Waals surface area (Å²) in [5, 5.41) is 0. The first kappa shape index (κ1) is 14.3. The lowest BCUT2D eigenvalue weighted by molar-refractivity contribution is -0.145. The van der Waals surface area contributed by atoms with E-state index in [2.05, 4.69) is 0 Å². The Balaban J connectivity index is 1.67. The van der Waals surface area contributed by atoms with Crippen LogP contribution in [0.25, 0.3) is 6.08 Å². The first-order valence-electron chi connectivity index (χ1n) is 7.61. The number of carbonyl (C=O) groups is 1. The number of amides is 1. The molecule has 0 aromatic heterocycles. The first-order chi connectivity index (χ1) is 10.3. The van der Waals surface area contributed by atoms with Gasteiger partial charge in [-0.15, -0.1) is 0 Å². The zero-order valence-corrected chi connectivity index (χ0v) is 12.1. The van der Waals surface area contributed by atoms with E-state index in [0.29, 0.717) is 13.2 Å². The molecule has 2 saturated heterocycles. The van der Waals surface area contributed by atoms with Gasteiger partial charge in [-0.25, -0.2) is 0 Å². The van der Waals surface area contributed by atoms with Gasteiger partial charge >= 0.3 is 0 Å². The average molecular weight is 287 g/mol. The van der Waals surface area contributed by atoms with Gasteiger partial charge in [0, 0.05) is 12.6 Å². The largest absolute Gasteiger partial charge is 0.348 e. The molecule has 0 bridgehead atoms. The summed E-state index contributed by atoms with van der Waals surface area (Å²) in [6.45, 7) is 2.04. The number of nitrogens with zero attached hydrogens (tertiary/aromatic N) is 1. The van der Waals surface area contributed by atoms with Crippen LogP contribution in [0, 0.1) is 0 Å². The number of ether oxygens (including phenoxy) is 2. The van der Waals surface area contributed by atoms with Gasteiger partial charge in [0.1, 0.15) is 0 Å². The van der Waals surface area contributed by atoms with E-state index in [0.717, 1.165) is 31.4 Å². The number of piperidine rings is 1. The predicted octanol–water partition coefficient (Wildman–Crippen LogP) is 2.45. The van der Waals surface area contributed by atoms with Gasteiger partial charge in [0.15, 0.2) is 6.29 Å². The van der Waals surface area contributed by atoms with E-state index in [-0.39, 0.29) is 18.2 Å². The Morgan fingerprint density at radius 3 is 2.67 bits per heavy atom. The van der Waals surface area contributed by atoms with Crippen molar-refractivity contribution in [2.75, 3.05) is 19.8 Å². The lowest BCUT2D eigenvalue weighted by Gasteiger charge is -2.37. The van der Waals surface area contributed by atoms with Crippen molar-refractivity contribution in [3.63, 3.8) is 0 Å². The molecule has 2 aliphatic heterocycles. The highest BCUT2D eigenvalue weighted by Gasteiger charge is 2.35. The highest BCUT2D eigenvalue weighted by Crippen LogP contribution is 2.24. The zero-order chi connectivity index (χ0) is 14.5. The van der Waals surface area contributed by atoms with E-state index in [1.165, 1.54) is 0 Å². The first-order valence-corrected chi connectivity index (χ1v) is 7.61. The minimum atomic E-state index is -0.251. The van der Waals surface area contributed by atoms with E-state index in [9.17, 15) is 4.79 Å². The number of rotatable bonds is 3. The van der Waals surface area contributed by atoms with Gasteiger partial charge < -0.3 is 14.4 Å². The average Bonchev–Trinajstić information content (AvgIpc) is 3.08.